The molecule has 8 aromatic carbocycles. The molecule has 4 aromatic heterocycles. The summed E-state index contributed by atoms with van der Waals surface area (Å²) in [4.78, 5) is 91.7. The molecule has 0 atom stereocenters. The van der Waals surface area contributed by atoms with Crippen LogP contribution >= 0.6 is 11.6 Å². The number of nitrogens with one attached hydrogen (secondary N) is 6. The lowest BCUT2D eigenvalue weighted by atomic mass is 9.83. The summed E-state index contributed by atoms with van der Waals surface area (Å²) in [5.41, 5.74) is 14.6. The number of aromatic hydroxyl groups is 6. The van der Waals surface area contributed by atoms with Gasteiger partial charge in [0.25, 0.3) is 35.4 Å². The van der Waals surface area contributed by atoms with E-state index in [9.17, 15) is 63.8 Å². The van der Waals surface area contributed by atoms with Crippen LogP contribution < -0.4 is 31.9 Å². The first-order valence-electron chi connectivity index (χ1n) is 49.7. The van der Waals surface area contributed by atoms with Crippen LogP contribution in [0.2, 0.25) is 5.02 Å². The maximum atomic E-state index is 14.1. The molecule has 0 saturated carbocycles. The number of aromatic nitrogens is 4. The van der Waals surface area contributed by atoms with Gasteiger partial charge in [0.1, 0.15) is 40.3 Å². The molecular weight excluding hydrogens is 1820 g/mol. The Balaban J connectivity index is 0.000000233. The van der Waals surface area contributed by atoms with Crippen LogP contribution in [0.1, 0.15) is 318 Å². The standard InChI is InChI=1S/C21H26ClNO2.4C20H26N2O2.C18H20FNO2/c1-5-6-11-23-20(25)18-13-15(21(2,3)4)12-17(19(18)24)14-7-9-16(22)10-8-14;1-5-6-10-22-19(24)17-12-15(20(2,3)4)11-16(18(17)23)14-8-7-9-21-13-14;1-5-6-10-22-19(24)16-11-15(14-8-7-9-21-13-14)12-17(18(16)23)20(2,3)4;1-5-6-10-22-19(24)16-13-14(20(2,3)4)12-15(18(16)23)17-9-7-8-11-21-17;1-5-6-10-22-19(24)15-12-14(17-9-7-8-11-21-17)13-16(18(15)23)20(2,3)4;1-3-4-9-20-18(22)15-11-13(6-8-17(15)21)14-7-5-12(2)10-16(14)19/h7-10,12-13,24H,5-6,11H2,1-4H3,(H,23,25);4*7-9,11-13,23H,5-6,10H2,1-4H3,(H,22,24);5-8,10-11,21H,3-4,9H2,1-2H3,(H,20,22). The van der Waals surface area contributed by atoms with E-state index in [1.54, 1.807) is 91.8 Å². The van der Waals surface area contributed by atoms with Gasteiger partial charge in [0.05, 0.1) is 44.8 Å². The molecule has 0 fully saturated rings. The molecule has 0 unspecified atom stereocenters. The van der Waals surface area contributed by atoms with E-state index in [1.165, 1.54) is 18.2 Å². The highest BCUT2D eigenvalue weighted by Crippen LogP contribution is 2.44. The van der Waals surface area contributed by atoms with E-state index in [4.69, 9.17) is 11.6 Å². The third kappa shape index (κ3) is 34.8. The SMILES string of the molecule is CCCCNC(=O)c1cc(-c2ccc(C)cc2F)ccc1O.CCCCNC(=O)c1cc(-c2ccccn2)cc(C(C)(C)C)c1O.CCCCNC(=O)c1cc(-c2cccnc2)cc(C(C)(C)C)c1O.CCCCNC(=O)c1cc(C(C)(C)C)cc(-c2ccc(Cl)cc2)c1O.CCCCNC(=O)c1cc(C(C)(C)C)cc(-c2ccccn2)c1O.CCCCNC(=O)c1cc(C(C)(C)C)cc(-c2cccnc2)c1O. The van der Waals surface area contributed by atoms with Gasteiger partial charge in [-0.3, -0.25) is 48.7 Å². The van der Waals surface area contributed by atoms with E-state index in [0.717, 1.165) is 144 Å². The number of carbonyl (C=O) groups excluding carboxylic acids is 6. The highest BCUT2D eigenvalue weighted by molar-refractivity contribution is 6.30. The number of hydrogen-bond acceptors (Lipinski definition) is 16. The first kappa shape index (κ1) is 116. The van der Waals surface area contributed by atoms with E-state index in [0.29, 0.717) is 106 Å². The van der Waals surface area contributed by atoms with Crippen molar-refractivity contribution in [3.63, 3.8) is 0 Å². The number of amides is 6. The molecule has 12 N–H and O–H groups in total. The highest BCUT2D eigenvalue weighted by atomic mass is 35.5. The summed E-state index contributed by atoms with van der Waals surface area (Å²) in [7, 11) is 0. The summed E-state index contributed by atoms with van der Waals surface area (Å²) < 4.78 is 14.1. The average molecular weight is 1970 g/mol. The molecule has 0 radical (unpaired) electrons. The largest absolute Gasteiger partial charge is 0.507 e. The number of nitrogens with zero attached hydrogens (tertiary/aromatic N) is 4. The number of halogens is 2. The number of carbonyl (C=O) groups is 6. The molecule has 0 aliphatic carbocycles. The molecule has 762 valence electrons. The number of rotatable bonds is 30. The number of benzene rings is 8. The van der Waals surface area contributed by atoms with Gasteiger partial charge in [0, 0.05) is 132 Å². The predicted molar refractivity (Wildman–Crippen MR) is 579 cm³/mol. The second-order valence-corrected chi connectivity index (χ2v) is 41.1. The minimum Gasteiger partial charge on any atom is -0.507 e. The summed E-state index contributed by atoms with van der Waals surface area (Å²) in [5.74, 6) is -1.91. The monoisotopic (exact) mass is 1970 g/mol. The van der Waals surface area contributed by atoms with Gasteiger partial charge in [0.15, 0.2) is 0 Å². The lowest BCUT2D eigenvalue weighted by Gasteiger charge is -2.23. The van der Waals surface area contributed by atoms with Crippen molar-refractivity contribution in [2.75, 3.05) is 39.3 Å². The molecule has 0 aliphatic rings. The lowest BCUT2D eigenvalue weighted by molar-refractivity contribution is 0.0941. The third-order valence-electron chi connectivity index (χ3n) is 23.6. The lowest BCUT2D eigenvalue weighted by Crippen LogP contribution is -2.25. The Morgan fingerprint density at radius 1 is 0.301 bits per heavy atom. The van der Waals surface area contributed by atoms with E-state index in [-0.39, 0.29) is 108 Å². The summed E-state index contributed by atoms with van der Waals surface area (Å²) in [6, 6.07) is 53.9. The smallest absolute Gasteiger partial charge is 0.255 e. The molecule has 0 bridgehead atoms. The average Bonchev–Trinajstić information content (AvgIpc) is 0.798. The Labute approximate surface area is 851 Å². The Hall–Kier alpha value is -13.8. The van der Waals surface area contributed by atoms with Gasteiger partial charge in [-0.05, 0) is 239 Å². The van der Waals surface area contributed by atoms with Crippen molar-refractivity contribution < 1.29 is 63.8 Å². The van der Waals surface area contributed by atoms with Crippen molar-refractivity contribution in [1.29, 1.82) is 0 Å². The first-order chi connectivity index (χ1) is 67.6. The molecule has 6 amide bonds. The minimum atomic E-state index is -0.347. The van der Waals surface area contributed by atoms with Crippen LogP contribution in [0.4, 0.5) is 4.39 Å². The quantitative estimate of drug-likeness (QED) is 0.0186. The maximum Gasteiger partial charge on any atom is 0.255 e. The maximum absolute atomic E-state index is 14.1. The van der Waals surface area contributed by atoms with Crippen LogP contribution in [0.25, 0.3) is 67.0 Å². The molecule has 22 nitrogen and oxygen atoms in total. The van der Waals surface area contributed by atoms with Gasteiger partial charge in [0.2, 0.25) is 0 Å². The Kier molecular flexibility index (Phi) is 44.7. The number of pyridine rings is 4. The van der Waals surface area contributed by atoms with Crippen LogP contribution in [0, 0.1) is 12.7 Å². The van der Waals surface area contributed by atoms with Gasteiger partial charge in [-0.25, -0.2) is 4.39 Å². The van der Waals surface area contributed by atoms with Gasteiger partial charge in [-0.1, -0.05) is 250 Å². The molecular formula is C119H150ClFN10O12. The summed E-state index contributed by atoms with van der Waals surface area (Å²) >= 11 is 5.97. The normalized spacial score (nSPS) is 11.2. The number of phenols is 6. The molecule has 24 heteroatoms. The predicted octanol–water partition coefficient (Wildman–Crippen LogP) is 26.7. The Bertz CT molecular complexity index is 5900. The molecule has 12 rings (SSSR count). The van der Waals surface area contributed by atoms with E-state index in [1.807, 2.05) is 165 Å². The zero-order valence-electron chi connectivity index (χ0n) is 87.7. The van der Waals surface area contributed by atoms with Crippen molar-refractivity contribution in [3.05, 3.63) is 297 Å². The number of unbranched alkanes of at least 4 members (excludes halogenated alkanes) is 6. The van der Waals surface area contributed by atoms with Gasteiger partial charge < -0.3 is 62.5 Å². The first-order valence-corrected chi connectivity index (χ1v) is 50.1. The topological polar surface area (TPSA) is 348 Å². The fourth-order valence-electron chi connectivity index (χ4n) is 14.8. The minimum absolute atomic E-state index is 0.00400. The fourth-order valence-corrected chi connectivity index (χ4v) is 14.9. The molecule has 12 aromatic rings. The van der Waals surface area contributed by atoms with Crippen molar-refractivity contribution in [3.8, 4) is 102 Å². The summed E-state index contributed by atoms with van der Waals surface area (Å²) in [5, 5.41) is 81.0. The molecule has 4 heterocycles. The van der Waals surface area contributed by atoms with Crippen LogP contribution in [-0.4, -0.2) is 125 Å². The number of aryl methyl sites for hydroxylation is 1. The van der Waals surface area contributed by atoms with Gasteiger partial charge in [-0.2, -0.15) is 0 Å². The van der Waals surface area contributed by atoms with Crippen LogP contribution in [0.15, 0.2) is 219 Å². The second kappa shape index (κ2) is 55.0. The zero-order chi connectivity index (χ0) is 106. The van der Waals surface area contributed by atoms with Crippen molar-refractivity contribution in [2.24, 2.45) is 0 Å². The van der Waals surface area contributed by atoms with Gasteiger partial charge >= 0.3 is 0 Å². The summed E-state index contributed by atoms with van der Waals surface area (Å²) in [6.07, 6.45) is 21.7. The Morgan fingerprint density at radius 3 is 0.993 bits per heavy atom. The molecule has 143 heavy (non-hydrogen) atoms. The third-order valence-corrected chi connectivity index (χ3v) is 23.8. The van der Waals surface area contributed by atoms with Crippen LogP contribution in [-0.2, 0) is 27.1 Å². The zero-order valence-corrected chi connectivity index (χ0v) is 88.4. The van der Waals surface area contributed by atoms with Crippen LogP contribution in [0.5, 0.6) is 34.5 Å². The number of hydrogen-bond donors (Lipinski definition) is 12. The highest BCUT2D eigenvalue weighted by Gasteiger charge is 2.31. The van der Waals surface area contributed by atoms with Crippen molar-refractivity contribution >= 4 is 47.0 Å². The van der Waals surface area contributed by atoms with E-state index < -0.39 is 0 Å². The van der Waals surface area contributed by atoms with Crippen molar-refractivity contribution in [2.45, 2.75) is 256 Å². The Morgan fingerprint density at radius 2 is 0.636 bits per heavy atom. The van der Waals surface area contributed by atoms with Crippen LogP contribution in [0.3, 0.4) is 0 Å². The second-order valence-electron chi connectivity index (χ2n) is 40.6. The molecule has 0 aliphatic heterocycles. The van der Waals surface area contributed by atoms with E-state index in [2.05, 4.69) is 149 Å². The molecule has 0 saturated heterocycles. The summed E-state index contributed by atoms with van der Waals surface area (Å²) in [6.45, 7) is 48.7. The van der Waals surface area contributed by atoms with E-state index >= 15 is 0 Å². The molecule has 0 spiro atoms. The fraction of sp³-hybridized carbons (Fsp3) is 0.378. The van der Waals surface area contributed by atoms with Crippen molar-refractivity contribution in [1.82, 2.24) is 51.8 Å². The van der Waals surface area contributed by atoms with Gasteiger partial charge in [-0.15, -0.1) is 0 Å². The number of phenolic OH excluding ortho intramolecular Hbond substituents is 6.